The van der Waals surface area contributed by atoms with Gasteiger partial charge in [0.1, 0.15) is 0 Å². The first-order chi connectivity index (χ1) is 6.26. The predicted octanol–water partition coefficient (Wildman–Crippen LogP) is 2.50. The molecule has 0 amide bonds. The molecule has 1 unspecified atom stereocenters. The Morgan fingerprint density at radius 2 is 1.92 bits per heavy atom. The van der Waals surface area contributed by atoms with Gasteiger partial charge < -0.3 is 9.84 Å². The Hall–Kier alpha value is -0.0800. The highest BCUT2D eigenvalue weighted by molar-refractivity contribution is 4.86. The maximum Gasteiger partial charge on any atom is 0.0810 e. The Balaban J connectivity index is 2.46. The molecule has 2 nitrogen and oxygen atoms in total. The van der Waals surface area contributed by atoms with Crippen molar-refractivity contribution in [3.63, 3.8) is 0 Å². The third-order valence-corrected chi connectivity index (χ3v) is 3.23. The molecule has 1 rings (SSSR count). The summed E-state index contributed by atoms with van der Waals surface area (Å²) in [5, 5.41) is 9.07. The average Bonchev–Trinajstić information content (AvgIpc) is 2.63. The molecule has 0 spiro atoms. The predicted molar refractivity (Wildman–Crippen MR) is 53.7 cm³/mol. The molecule has 1 aliphatic rings. The minimum absolute atomic E-state index is 0.0537. The molecule has 0 saturated heterocycles. The monoisotopic (exact) mass is 186 g/mol. The van der Waals surface area contributed by atoms with Gasteiger partial charge in [-0.2, -0.15) is 0 Å². The van der Waals surface area contributed by atoms with Crippen LogP contribution < -0.4 is 0 Å². The molecule has 0 bridgehead atoms. The van der Waals surface area contributed by atoms with Crippen LogP contribution in [0.3, 0.4) is 0 Å². The van der Waals surface area contributed by atoms with Crippen LogP contribution >= 0.6 is 0 Å². The number of hydrogen-bond donors (Lipinski definition) is 1. The van der Waals surface area contributed by atoms with Gasteiger partial charge in [-0.15, -0.1) is 0 Å². The zero-order valence-corrected chi connectivity index (χ0v) is 8.88. The van der Waals surface area contributed by atoms with Gasteiger partial charge in [0.2, 0.25) is 0 Å². The fraction of sp³-hybridized carbons (Fsp3) is 1.00. The first kappa shape index (κ1) is 11.0. The van der Waals surface area contributed by atoms with Crippen LogP contribution in [-0.4, -0.2) is 23.4 Å². The van der Waals surface area contributed by atoms with Gasteiger partial charge in [0.15, 0.2) is 0 Å². The van der Waals surface area contributed by atoms with Gasteiger partial charge in [-0.3, -0.25) is 0 Å². The van der Waals surface area contributed by atoms with Crippen LogP contribution in [0.25, 0.3) is 0 Å². The fourth-order valence-electron chi connectivity index (χ4n) is 2.18. The summed E-state index contributed by atoms with van der Waals surface area (Å²) >= 11 is 0. The molecule has 0 aliphatic heterocycles. The second kappa shape index (κ2) is 4.97. The van der Waals surface area contributed by atoms with Crippen LogP contribution in [0.1, 0.15) is 52.4 Å². The minimum Gasteiger partial charge on any atom is -0.394 e. The Bertz CT molecular complexity index is 135. The highest BCUT2D eigenvalue weighted by Gasteiger charge is 2.34. The molecule has 1 N–H and O–H groups in total. The molecule has 1 fully saturated rings. The number of ether oxygens (including phenoxy) is 1. The molecule has 0 aromatic heterocycles. The van der Waals surface area contributed by atoms with Crippen LogP contribution in [0.4, 0.5) is 0 Å². The molecular weight excluding hydrogens is 164 g/mol. The number of rotatable bonds is 5. The summed E-state index contributed by atoms with van der Waals surface area (Å²) in [7, 11) is 0. The molecule has 0 aromatic rings. The summed E-state index contributed by atoms with van der Waals surface area (Å²) in [6.45, 7) is 4.42. The lowest BCUT2D eigenvalue weighted by atomic mass is 9.98. The van der Waals surface area contributed by atoms with E-state index < -0.39 is 0 Å². The van der Waals surface area contributed by atoms with Crippen molar-refractivity contribution in [3.05, 3.63) is 0 Å². The second-order valence-corrected chi connectivity index (χ2v) is 4.07. The van der Waals surface area contributed by atoms with Crippen molar-refractivity contribution in [1.82, 2.24) is 0 Å². The lowest BCUT2D eigenvalue weighted by Crippen LogP contribution is -2.34. The molecule has 1 atom stereocenters. The van der Waals surface area contributed by atoms with Crippen molar-refractivity contribution in [2.75, 3.05) is 6.61 Å². The van der Waals surface area contributed by atoms with Crippen molar-refractivity contribution in [2.45, 2.75) is 64.1 Å². The second-order valence-electron chi connectivity index (χ2n) is 4.07. The molecule has 78 valence electrons. The summed E-state index contributed by atoms with van der Waals surface area (Å²) in [5.74, 6) is 0. The first-order valence-electron chi connectivity index (χ1n) is 5.55. The average molecular weight is 186 g/mol. The summed E-state index contributed by atoms with van der Waals surface area (Å²) < 4.78 is 6.00. The topological polar surface area (TPSA) is 29.5 Å². The van der Waals surface area contributed by atoms with Crippen molar-refractivity contribution in [2.24, 2.45) is 0 Å². The van der Waals surface area contributed by atoms with Gasteiger partial charge in [-0.05, 0) is 25.7 Å². The molecule has 0 heterocycles. The van der Waals surface area contributed by atoms with E-state index in [1.807, 2.05) is 0 Å². The summed E-state index contributed by atoms with van der Waals surface area (Å²) in [6, 6.07) is 0. The highest BCUT2D eigenvalue weighted by Crippen LogP contribution is 2.37. The van der Waals surface area contributed by atoms with E-state index in [1.54, 1.807) is 0 Å². The van der Waals surface area contributed by atoms with E-state index in [1.165, 1.54) is 25.7 Å². The van der Waals surface area contributed by atoms with Crippen molar-refractivity contribution in [1.29, 1.82) is 0 Å². The van der Waals surface area contributed by atoms with Gasteiger partial charge in [0.25, 0.3) is 0 Å². The van der Waals surface area contributed by atoms with Gasteiger partial charge in [-0.1, -0.05) is 26.7 Å². The molecule has 13 heavy (non-hydrogen) atoms. The van der Waals surface area contributed by atoms with E-state index in [4.69, 9.17) is 9.84 Å². The van der Waals surface area contributed by atoms with Gasteiger partial charge in [0.05, 0.1) is 18.3 Å². The molecule has 0 radical (unpaired) electrons. The lowest BCUT2D eigenvalue weighted by molar-refractivity contribution is -0.109. The Morgan fingerprint density at radius 1 is 1.31 bits per heavy atom. The van der Waals surface area contributed by atoms with E-state index in [0.29, 0.717) is 0 Å². The SMILES string of the molecule is CCC(CO)OC1(CC)CCCC1. The van der Waals surface area contributed by atoms with E-state index in [-0.39, 0.29) is 18.3 Å². The summed E-state index contributed by atoms with van der Waals surface area (Å²) in [5.41, 5.74) is 0.101. The van der Waals surface area contributed by atoms with E-state index in [0.717, 1.165) is 12.8 Å². The lowest BCUT2D eigenvalue weighted by Gasteiger charge is -2.32. The van der Waals surface area contributed by atoms with E-state index in [2.05, 4.69) is 13.8 Å². The van der Waals surface area contributed by atoms with Crippen molar-refractivity contribution >= 4 is 0 Å². The van der Waals surface area contributed by atoms with Crippen LogP contribution in [0.15, 0.2) is 0 Å². The van der Waals surface area contributed by atoms with Crippen molar-refractivity contribution < 1.29 is 9.84 Å². The van der Waals surface area contributed by atoms with Crippen LogP contribution in [-0.2, 0) is 4.74 Å². The van der Waals surface area contributed by atoms with Crippen LogP contribution in [0.2, 0.25) is 0 Å². The maximum atomic E-state index is 9.07. The summed E-state index contributed by atoms with van der Waals surface area (Å²) in [4.78, 5) is 0. The van der Waals surface area contributed by atoms with Crippen LogP contribution in [0.5, 0.6) is 0 Å². The molecule has 0 aromatic carbocycles. The maximum absolute atomic E-state index is 9.07. The van der Waals surface area contributed by atoms with Crippen LogP contribution in [0, 0.1) is 0 Å². The fourth-order valence-corrected chi connectivity index (χ4v) is 2.18. The smallest absolute Gasteiger partial charge is 0.0810 e. The summed E-state index contributed by atoms with van der Waals surface area (Å²) in [6.07, 6.45) is 6.99. The Kier molecular flexibility index (Phi) is 4.20. The molecular formula is C11H22O2. The molecule has 2 heteroatoms. The van der Waals surface area contributed by atoms with Gasteiger partial charge in [0, 0.05) is 0 Å². The normalized spacial score (nSPS) is 23.3. The molecule has 1 aliphatic carbocycles. The van der Waals surface area contributed by atoms with Gasteiger partial charge >= 0.3 is 0 Å². The number of hydrogen-bond acceptors (Lipinski definition) is 2. The van der Waals surface area contributed by atoms with Crippen molar-refractivity contribution in [3.8, 4) is 0 Å². The Morgan fingerprint density at radius 3 is 2.31 bits per heavy atom. The highest BCUT2D eigenvalue weighted by atomic mass is 16.5. The first-order valence-corrected chi connectivity index (χ1v) is 5.55. The Labute approximate surface area is 81.3 Å². The van der Waals surface area contributed by atoms with Gasteiger partial charge in [-0.25, -0.2) is 0 Å². The molecule has 1 saturated carbocycles. The quantitative estimate of drug-likeness (QED) is 0.715. The zero-order valence-electron chi connectivity index (χ0n) is 8.88. The third-order valence-electron chi connectivity index (χ3n) is 3.23. The third kappa shape index (κ3) is 2.68. The zero-order chi connectivity index (χ0) is 9.73. The number of aliphatic hydroxyl groups is 1. The van der Waals surface area contributed by atoms with E-state index in [9.17, 15) is 0 Å². The number of aliphatic hydroxyl groups excluding tert-OH is 1. The largest absolute Gasteiger partial charge is 0.394 e. The van der Waals surface area contributed by atoms with E-state index >= 15 is 0 Å². The minimum atomic E-state index is 0.0537. The standard InChI is InChI=1S/C11H22O2/c1-3-10(9-12)13-11(4-2)7-5-6-8-11/h10,12H,3-9H2,1-2H3.